The molecule has 1 atom stereocenters. The van der Waals surface area contributed by atoms with Crippen LogP contribution in [0.15, 0.2) is 12.4 Å². The minimum atomic E-state index is -0.337. The Morgan fingerprint density at radius 1 is 1.56 bits per heavy atom. The van der Waals surface area contributed by atoms with Crippen LogP contribution in [0, 0.1) is 0 Å². The number of aromatic nitrogens is 2. The maximum atomic E-state index is 11.7. The van der Waals surface area contributed by atoms with Crippen molar-refractivity contribution in [1.82, 2.24) is 15.3 Å². The van der Waals surface area contributed by atoms with Crippen LogP contribution in [0.2, 0.25) is 0 Å². The summed E-state index contributed by atoms with van der Waals surface area (Å²) in [5, 5.41) is 11.4. The van der Waals surface area contributed by atoms with Gasteiger partial charge in [-0.2, -0.15) is 0 Å². The van der Waals surface area contributed by atoms with E-state index in [0.717, 1.165) is 0 Å². The van der Waals surface area contributed by atoms with E-state index in [2.05, 4.69) is 15.3 Å². The van der Waals surface area contributed by atoms with Crippen molar-refractivity contribution in [2.24, 2.45) is 0 Å². The lowest BCUT2D eigenvalue weighted by atomic mass is 10.2. The van der Waals surface area contributed by atoms with E-state index in [1.165, 1.54) is 12.4 Å². The fraction of sp³-hybridized carbons (Fsp3) is 0.500. The second kappa shape index (κ2) is 6.02. The zero-order valence-corrected chi connectivity index (χ0v) is 9.18. The average molecular weight is 224 g/mol. The van der Waals surface area contributed by atoms with E-state index in [1.54, 1.807) is 0 Å². The largest absolute Gasteiger partial charge is 0.396 e. The molecule has 0 fully saturated rings. The van der Waals surface area contributed by atoms with Crippen molar-refractivity contribution < 1.29 is 9.90 Å². The van der Waals surface area contributed by atoms with E-state index < -0.39 is 0 Å². The molecule has 0 spiro atoms. The summed E-state index contributed by atoms with van der Waals surface area (Å²) in [6.07, 6.45) is 4.21. The Morgan fingerprint density at radius 2 is 2.25 bits per heavy atom. The number of amides is 1. The van der Waals surface area contributed by atoms with Crippen LogP contribution < -0.4 is 11.1 Å². The van der Waals surface area contributed by atoms with Gasteiger partial charge in [-0.05, 0) is 19.8 Å². The van der Waals surface area contributed by atoms with Gasteiger partial charge in [-0.3, -0.25) is 4.79 Å². The molecule has 16 heavy (non-hydrogen) atoms. The summed E-state index contributed by atoms with van der Waals surface area (Å²) in [6.45, 7) is 1.98. The molecule has 1 rings (SSSR count). The van der Waals surface area contributed by atoms with Gasteiger partial charge in [-0.1, -0.05) is 0 Å². The highest BCUT2D eigenvalue weighted by Gasteiger charge is 2.13. The summed E-state index contributed by atoms with van der Waals surface area (Å²) in [5.74, 6) is -0.217. The van der Waals surface area contributed by atoms with Crippen molar-refractivity contribution in [1.29, 1.82) is 0 Å². The van der Waals surface area contributed by atoms with Gasteiger partial charge in [0.2, 0.25) is 0 Å². The molecule has 0 aliphatic rings. The van der Waals surface area contributed by atoms with Crippen LogP contribution in [0.25, 0.3) is 0 Å². The van der Waals surface area contributed by atoms with Gasteiger partial charge in [0.1, 0.15) is 0 Å². The lowest BCUT2D eigenvalue weighted by Crippen LogP contribution is -2.33. The van der Waals surface area contributed by atoms with E-state index in [4.69, 9.17) is 10.8 Å². The lowest BCUT2D eigenvalue weighted by Gasteiger charge is -2.12. The first-order chi connectivity index (χ1) is 7.65. The third kappa shape index (κ3) is 3.47. The number of hydrogen-bond donors (Lipinski definition) is 3. The monoisotopic (exact) mass is 224 g/mol. The molecule has 4 N–H and O–H groups in total. The van der Waals surface area contributed by atoms with Crippen molar-refractivity contribution >= 4 is 11.7 Å². The lowest BCUT2D eigenvalue weighted by molar-refractivity contribution is 0.0932. The number of carbonyl (C=O) groups excluding carboxylic acids is 1. The number of hydrogen-bond acceptors (Lipinski definition) is 5. The topological polar surface area (TPSA) is 101 Å². The zero-order chi connectivity index (χ0) is 12.0. The number of aliphatic hydroxyl groups is 1. The molecule has 1 aromatic heterocycles. The zero-order valence-electron chi connectivity index (χ0n) is 9.18. The summed E-state index contributed by atoms with van der Waals surface area (Å²) in [5.41, 5.74) is 5.66. The van der Waals surface area contributed by atoms with Crippen molar-refractivity contribution in [2.45, 2.75) is 25.8 Å². The third-order valence-corrected chi connectivity index (χ3v) is 2.11. The molecular formula is C10H16N4O2. The van der Waals surface area contributed by atoms with Crippen molar-refractivity contribution in [3.8, 4) is 0 Å². The van der Waals surface area contributed by atoms with Crippen LogP contribution in [-0.2, 0) is 0 Å². The highest BCUT2D eigenvalue weighted by atomic mass is 16.3. The molecule has 6 nitrogen and oxygen atoms in total. The van der Waals surface area contributed by atoms with Crippen molar-refractivity contribution in [2.75, 3.05) is 12.3 Å². The van der Waals surface area contributed by atoms with Gasteiger partial charge in [0.15, 0.2) is 11.5 Å². The van der Waals surface area contributed by atoms with Crippen LogP contribution >= 0.6 is 0 Å². The number of nitrogens with two attached hydrogens (primary N) is 1. The van der Waals surface area contributed by atoms with Gasteiger partial charge in [-0.15, -0.1) is 0 Å². The molecule has 0 aliphatic heterocycles. The van der Waals surface area contributed by atoms with Crippen molar-refractivity contribution in [3.05, 3.63) is 18.1 Å². The molecule has 0 aromatic carbocycles. The summed E-state index contributed by atoms with van der Waals surface area (Å²) in [6, 6.07) is -0.0268. The van der Waals surface area contributed by atoms with E-state index in [-0.39, 0.29) is 30.1 Å². The summed E-state index contributed by atoms with van der Waals surface area (Å²) < 4.78 is 0. The van der Waals surface area contributed by atoms with Crippen LogP contribution in [0.4, 0.5) is 5.82 Å². The molecule has 1 unspecified atom stereocenters. The fourth-order valence-corrected chi connectivity index (χ4v) is 1.29. The number of nitrogen functional groups attached to an aromatic ring is 1. The van der Waals surface area contributed by atoms with E-state index in [0.29, 0.717) is 12.8 Å². The number of aliphatic hydroxyl groups excluding tert-OH is 1. The molecule has 6 heteroatoms. The smallest absolute Gasteiger partial charge is 0.273 e. The highest BCUT2D eigenvalue weighted by Crippen LogP contribution is 2.04. The Hall–Kier alpha value is -1.69. The van der Waals surface area contributed by atoms with Gasteiger partial charge < -0.3 is 16.2 Å². The molecule has 1 amide bonds. The fourth-order valence-electron chi connectivity index (χ4n) is 1.29. The van der Waals surface area contributed by atoms with Gasteiger partial charge in [0, 0.05) is 25.0 Å². The van der Waals surface area contributed by atoms with E-state index in [9.17, 15) is 4.79 Å². The van der Waals surface area contributed by atoms with Crippen LogP contribution in [0.3, 0.4) is 0 Å². The molecule has 0 aliphatic carbocycles. The third-order valence-electron chi connectivity index (χ3n) is 2.11. The van der Waals surface area contributed by atoms with E-state index in [1.807, 2.05) is 6.92 Å². The first-order valence-electron chi connectivity index (χ1n) is 5.13. The Kier molecular flexibility index (Phi) is 4.65. The Bertz CT molecular complexity index is 356. The number of nitrogens with one attached hydrogen (secondary N) is 1. The predicted octanol–water partition coefficient (Wildman–Crippen LogP) is -0.0504. The Balaban J connectivity index is 2.56. The predicted molar refractivity (Wildman–Crippen MR) is 59.7 cm³/mol. The molecule has 0 bridgehead atoms. The first-order valence-corrected chi connectivity index (χ1v) is 5.13. The highest BCUT2D eigenvalue weighted by molar-refractivity contribution is 5.96. The summed E-state index contributed by atoms with van der Waals surface area (Å²) in [4.78, 5) is 19.3. The van der Waals surface area contributed by atoms with E-state index >= 15 is 0 Å². The second-order valence-corrected chi connectivity index (χ2v) is 3.53. The SMILES string of the molecule is CC(CCCO)NC(=O)c1nccnc1N. The Labute approximate surface area is 93.9 Å². The van der Waals surface area contributed by atoms with Gasteiger partial charge in [-0.25, -0.2) is 9.97 Å². The standard InChI is InChI=1S/C10H16N4O2/c1-7(3-2-6-15)14-10(16)8-9(11)13-5-4-12-8/h4-5,7,15H,2-3,6H2,1H3,(H2,11,13)(H,14,16). The number of rotatable bonds is 5. The molecule has 0 saturated carbocycles. The van der Waals surface area contributed by atoms with Crippen molar-refractivity contribution in [3.63, 3.8) is 0 Å². The number of anilines is 1. The minimum Gasteiger partial charge on any atom is -0.396 e. The molecule has 88 valence electrons. The average Bonchev–Trinajstić information content (AvgIpc) is 2.26. The molecular weight excluding hydrogens is 208 g/mol. The quantitative estimate of drug-likeness (QED) is 0.651. The van der Waals surface area contributed by atoms with Gasteiger partial charge in [0.05, 0.1) is 0 Å². The van der Waals surface area contributed by atoms with Crippen LogP contribution in [-0.4, -0.2) is 33.6 Å². The molecule has 1 aromatic rings. The molecule has 0 radical (unpaired) electrons. The summed E-state index contributed by atoms with van der Waals surface area (Å²) in [7, 11) is 0. The maximum Gasteiger partial charge on any atom is 0.273 e. The maximum absolute atomic E-state index is 11.7. The summed E-state index contributed by atoms with van der Waals surface area (Å²) >= 11 is 0. The van der Waals surface area contributed by atoms with Gasteiger partial charge >= 0.3 is 0 Å². The normalized spacial score (nSPS) is 12.1. The first kappa shape index (κ1) is 12.4. The van der Waals surface area contributed by atoms with Crippen LogP contribution in [0.1, 0.15) is 30.3 Å². The molecule has 0 saturated heterocycles. The number of nitrogens with zero attached hydrogens (tertiary/aromatic N) is 2. The van der Waals surface area contributed by atoms with Crippen LogP contribution in [0.5, 0.6) is 0 Å². The second-order valence-electron chi connectivity index (χ2n) is 3.53. The van der Waals surface area contributed by atoms with Gasteiger partial charge in [0.25, 0.3) is 5.91 Å². The Morgan fingerprint density at radius 3 is 2.88 bits per heavy atom. The minimum absolute atomic E-state index is 0.0268. The number of carbonyl (C=O) groups is 1. The molecule has 1 heterocycles.